The first-order chi connectivity index (χ1) is 15.2. The Labute approximate surface area is 210 Å². The maximum absolute atomic E-state index is 6.20. The van der Waals surface area contributed by atoms with E-state index in [1.807, 2.05) is 42.6 Å². The number of rotatable bonds is 6. The Kier molecular flexibility index (Phi) is 8.57. The van der Waals surface area contributed by atoms with Crippen molar-refractivity contribution in [3.05, 3.63) is 65.6 Å². The number of methoxy groups -OCH3 is 1. The molecule has 8 nitrogen and oxygen atoms in total. The zero-order valence-corrected chi connectivity index (χ0v) is 21.1. The standard InChI is InChI=1S/C22H26ClN7O.HI/c1-24-22(26-14-16-6-9-25-21(12-16)30-10-3-8-27-30)28-18-7-11-29(15-18)19-13-17(23)4-5-20(19)31-2;/h3-6,8-10,12-13,18H,7,11,14-15H2,1-2H3,(H2,24,26,28);1H. The van der Waals surface area contributed by atoms with Crippen LogP contribution in [0.25, 0.3) is 5.82 Å². The van der Waals surface area contributed by atoms with Crippen molar-refractivity contribution in [3.8, 4) is 11.6 Å². The van der Waals surface area contributed by atoms with Crippen LogP contribution in [0, 0.1) is 0 Å². The molecular weight excluding hydrogens is 541 g/mol. The highest BCUT2D eigenvalue weighted by atomic mass is 127. The molecule has 0 radical (unpaired) electrons. The van der Waals surface area contributed by atoms with Gasteiger partial charge in [0.15, 0.2) is 11.8 Å². The lowest BCUT2D eigenvalue weighted by molar-refractivity contribution is 0.415. The lowest BCUT2D eigenvalue weighted by atomic mass is 10.2. The molecule has 1 aliphatic heterocycles. The molecule has 10 heteroatoms. The van der Waals surface area contributed by atoms with Crippen LogP contribution in [0.2, 0.25) is 5.02 Å². The van der Waals surface area contributed by atoms with Crippen LogP contribution >= 0.6 is 35.6 Å². The summed E-state index contributed by atoms with van der Waals surface area (Å²) in [6, 6.07) is 11.8. The van der Waals surface area contributed by atoms with E-state index in [-0.39, 0.29) is 30.0 Å². The van der Waals surface area contributed by atoms with E-state index in [1.54, 1.807) is 31.2 Å². The minimum absolute atomic E-state index is 0. The summed E-state index contributed by atoms with van der Waals surface area (Å²) < 4.78 is 7.25. The number of nitrogens with one attached hydrogen (secondary N) is 2. The van der Waals surface area contributed by atoms with E-state index < -0.39 is 0 Å². The van der Waals surface area contributed by atoms with E-state index in [0.717, 1.165) is 48.3 Å². The molecule has 1 fully saturated rings. The van der Waals surface area contributed by atoms with Crippen molar-refractivity contribution in [2.45, 2.75) is 19.0 Å². The maximum Gasteiger partial charge on any atom is 0.191 e. The second-order valence-corrected chi connectivity index (χ2v) is 7.73. The zero-order valence-electron chi connectivity index (χ0n) is 18.0. The Bertz CT molecular complexity index is 1040. The van der Waals surface area contributed by atoms with E-state index in [4.69, 9.17) is 16.3 Å². The van der Waals surface area contributed by atoms with E-state index in [9.17, 15) is 0 Å². The molecule has 3 aromatic rings. The van der Waals surface area contributed by atoms with Crippen molar-refractivity contribution in [2.24, 2.45) is 4.99 Å². The van der Waals surface area contributed by atoms with Gasteiger partial charge in [-0.2, -0.15) is 5.10 Å². The number of hydrogen-bond acceptors (Lipinski definition) is 5. The third-order valence-corrected chi connectivity index (χ3v) is 5.48. The van der Waals surface area contributed by atoms with Crippen molar-refractivity contribution < 1.29 is 4.74 Å². The summed E-state index contributed by atoms with van der Waals surface area (Å²) in [5, 5.41) is 11.8. The van der Waals surface area contributed by atoms with Gasteiger partial charge in [0, 0.05) is 56.3 Å². The topological polar surface area (TPSA) is 79.6 Å². The number of nitrogens with zero attached hydrogens (tertiary/aromatic N) is 5. The first-order valence-electron chi connectivity index (χ1n) is 10.2. The van der Waals surface area contributed by atoms with Crippen molar-refractivity contribution >= 4 is 47.2 Å². The largest absolute Gasteiger partial charge is 0.495 e. The van der Waals surface area contributed by atoms with Crippen molar-refractivity contribution in [1.29, 1.82) is 0 Å². The summed E-state index contributed by atoms with van der Waals surface area (Å²) in [6.07, 6.45) is 6.40. The molecule has 1 unspecified atom stereocenters. The number of halogens is 2. The minimum Gasteiger partial charge on any atom is -0.495 e. The first-order valence-corrected chi connectivity index (χ1v) is 10.5. The molecule has 0 aliphatic carbocycles. The Morgan fingerprint density at radius 3 is 2.91 bits per heavy atom. The SMILES string of the molecule is CN=C(NCc1ccnc(-n2cccn2)c1)NC1CCN(c2cc(Cl)ccc2OC)C1.I. The van der Waals surface area contributed by atoms with Crippen molar-refractivity contribution in [1.82, 2.24) is 25.4 Å². The second-order valence-electron chi connectivity index (χ2n) is 7.29. The highest BCUT2D eigenvalue weighted by Crippen LogP contribution is 2.33. The van der Waals surface area contributed by atoms with Crippen LogP contribution in [0.15, 0.2) is 60.0 Å². The Morgan fingerprint density at radius 2 is 2.16 bits per heavy atom. The predicted molar refractivity (Wildman–Crippen MR) is 139 cm³/mol. The molecule has 0 saturated carbocycles. The molecule has 32 heavy (non-hydrogen) atoms. The predicted octanol–water partition coefficient (Wildman–Crippen LogP) is 3.49. The number of guanidine groups is 1. The molecule has 2 N–H and O–H groups in total. The van der Waals surface area contributed by atoms with E-state index in [2.05, 4.69) is 30.6 Å². The van der Waals surface area contributed by atoms with Gasteiger partial charge in [0.2, 0.25) is 0 Å². The van der Waals surface area contributed by atoms with Crippen LogP contribution in [-0.4, -0.2) is 54.0 Å². The highest BCUT2D eigenvalue weighted by molar-refractivity contribution is 14.0. The lowest BCUT2D eigenvalue weighted by Gasteiger charge is -2.22. The molecule has 170 valence electrons. The van der Waals surface area contributed by atoms with Gasteiger partial charge in [-0.3, -0.25) is 4.99 Å². The maximum atomic E-state index is 6.20. The summed E-state index contributed by atoms with van der Waals surface area (Å²) in [7, 11) is 3.46. The van der Waals surface area contributed by atoms with Gasteiger partial charge in [-0.1, -0.05) is 11.6 Å². The van der Waals surface area contributed by atoms with Crippen LogP contribution < -0.4 is 20.3 Å². The average molecular weight is 568 g/mol. The fraction of sp³-hybridized carbons (Fsp3) is 0.318. The molecule has 1 saturated heterocycles. The van der Waals surface area contributed by atoms with Gasteiger partial charge in [0.25, 0.3) is 0 Å². The Hall–Kier alpha value is -2.53. The second kappa shape index (κ2) is 11.4. The molecule has 0 amide bonds. The van der Waals surface area contributed by atoms with Crippen LogP contribution in [0.5, 0.6) is 5.75 Å². The summed E-state index contributed by atoms with van der Waals surface area (Å²) in [6.45, 7) is 2.40. The van der Waals surface area contributed by atoms with E-state index in [0.29, 0.717) is 11.6 Å². The molecule has 2 aromatic heterocycles. The molecular formula is C22H27ClIN7O. The van der Waals surface area contributed by atoms with Gasteiger partial charge in [-0.15, -0.1) is 24.0 Å². The zero-order chi connectivity index (χ0) is 21.6. The van der Waals surface area contributed by atoms with Gasteiger partial charge >= 0.3 is 0 Å². The molecule has 0 spiro atoms. The molecule has 0 bridgehead atoms. The summed E-state index contributed by atoms with van der Waals surface area (Å²) in [5.41, 5.74) is 2.12. The third kappa shape index (κ3) is 5.83. The van der Waals surface area contributed by atoms with Gasteiger partial charge < -0.3 is 20.3 Å². The van der Waals surface area contributed by atoms with Crippen LogP contribution in [0.4, 0.5) is 5.69 Å². The highest BCUT2D eigenvalue weighted by Gasteiger charge is 2.25. The number of ether oxygens (including phenoxy) is 1. The molecule has 4 rings (SSSR count). The van der Waals surface area contributed by atoms with Crippen LogP contribution in [-0.2, 0) is 6.54 Å². The number of hydrogen-bond donors (Lipinski definition) is 2. The minimum atomic E-state index is 0. The Balaban J connectivity index is 0.00000289. The number of pyridine rings is 1. The number of aliphatic imine (C=N–C) groups is 1. The lowest BCUT2D eigenvalue weighted by Crippen LogP contribution is -2.44. The first kappa shape index (κ1) is 24.1. The normalized spacial score (nSPS) is 15.9. The van der Waals surface area contributed by atoms with Crippen LogP contribution in [0.3, 0.4) is 0 Å². The quantitative estimate of drug-likeness (QED) is 0.270. The fourth-order valence-corrected chi connectivity index (χ4v) is 3.85. The van der Waals surface area contributed by atoms with Crippen molar-refractivity contribution in [3.63, 3.8) is 0 Å². The number of aromatic nitrogens is 3. The molecule has 1 aromatic carbocycles. The third-order valence-electron chi connectivity index (χ3n) is 5.24. The van der Waals surface area contributed by atoms with Gasteiger partial charge in [0.05, 0.1) is 12.8 Å². The smallest absolute Gasteiger partial charge is 0.191 e. The fourth-order valence-electron chi connectivity index (χ4n) is 3.68. The molecule has 3 heterocycles. The molecule has 1 aliphatic rings. The monoisotopic (exact) mass is 567 g/mol. The number of benzene rings is 1. The summed E-state index contributed by atoms with van der Waals surface area (Å²) in [4.78, 5) is 11.0. The van der Waals surface area contributed by atoms with Crippen LogP contribution in [0.1, 0.15) is 12.0 Å². The van der Waals surface area contributed by atoms with Gasteiger partial charge in [-0.05, 0) is 48.4 Å². The Morgan fingerprint density at radius 1 is 1.28 bits per heavy atom. The number of anilines is 1. The molecule has 1 atom stereocenters. The van der Waals surface area contributed by atoms with Gasteiger partial charge in [-0.25, -0.2) is 9.67 Å². The summed E-state index contributed by atoms with van der Waals surface area (Å²) in [5.74, 6) is 2.38. The average Bonchev–Trinajstić information content (AvgIpc) is 3.49. The summed E-state index contributed by atoms with van der Waals surface area (Å²) >= 11 is 6.20. The van der Waals surface area contributed by atoms with E-state index in [1.165, 1.54) is 0 Å². The van der Waals surface area contributed by atoms with Gasteiger partial charge in [0.1, 0.15) is 5.75 Å². The van der Waals surface area contributed by atoms with Crippen molar-refractivity contribution in [2.75, 3.05) is 32.1 Å². The van der Waals surface area contributed by atoms with E-state index >= 15 is 0 Å².